The fourth-order valence-electron chi connectivity index (χ4n) is 1.52. The molecule has 1 rings (SSSR count). The standard InChI is InChI=1S/C15H26N4O/c1-15(2,19(3)4)11-17-14(16)18-13-9-7-6-8-12(13)10-20-5/h6-9H,10-11H2,1-5H3,(H3,16,17,18). The number of rotatable bonds is 6. The van der Waals surface area contributed by atoms with E-state index in [1.165, 1.54) is 0 Å². The zero-order valence-corrected chi connectivity index (χ0v) is 13.1. The van der Waals surface area contributed by atoms with E-state index in [1.807, 2.05) is 38.4 Å². The fraction of sp³-hybridized carbons (Fsp3) is 0.533. The van der Waals surface area contributed by atoms with Crippen molar-refractivity contribution in [1.29, 1.82) is 0 Å². The minimum atomic E-state index is -0.0294. The molecule has 0 spiro atoms. The third-order valence-electron chi connectivity index (χ3n) is 3.43. The third kappa shape index (κ3) is 4.83. The number of methoxy groups -OCH3 is 1. The summed E-state index contributed by atoms with van der Waals surface area (Å²) in [5, 5.41) is 3.14. The summed E-state index contributed by atoms with van der Waals surface area (Å²) in [7, 11) is 5.74. The quantitative estimate of drug-likeness (QED) is 0.616. The number of ether oxygens (including phenoxy) is 1. The van der Waals surface area contributed by atoms with Crippen molar-refractivity contribution in [2.75, 3.05) is 33.1 Å². The third-order valence-corrected chi connectivity index (χ3v) is 3.43. The predicted octanol–water partition coefficient (Wildman–Crippen LogP) is 1.90. The summed E-state index contributed by atoms with van der Waals surface area (Å²) in [5.41, 5.74) is 7.91. The van der Waals surface area contributed by atoms with Crippen molar-refractivity contribution < 1.29 is 4.74 Å². The van der Waals surface area contributed by atoms with Gasteiger partial charge in [-0.1, -0.05) is 18.2 Å². The summed E-state index contributed by atoms with van der Waals surface area (Å²) >= 11 is 0. The first-order chi connectivity index (χ1) is 9.36. The van der Waals surface area contributed by atoms with E-state index in [0.717, 1.165) is 11.3 Å². The van der Waals surface area contributed by atoms with Crippen molar-refractivity contribution >= 4 is 11.6 Å². The van der Waals surface area contributed by atoms with Gasteiger partial charge < -0.3 is 20.7 Å². The molecule has 0 radical (unpaired) electrons. The Morgan fingerprint density at radius 1 is 1.35 bits per heavy atom. The van der Waals surface area contributed by atoms with Gasteiger partial charge in [-0.3, -0.25) is 4.99 Å². The van der Waals surface area contributed by atoms with Crippen LogP contribution in [-0.4, -0.2) is 44.1 Å². The van der Waals surface area contributed by atoms with Crippen LogP contribution in [0.2, 0.25) is 0 Å². The maximum atomic E-state index is 5.96. The van der Waals surface area contributed by atoms with Crippen LogP contribution in [0.15, 0.2) is 29.3 Å². The SMILES string of the molecule is COCc1ccccc1NC(N)=NCC(C)(C)N(C)C. The molecule has 0 bridgehead atoms. The van der Waals surface area contributed by atoms with Gasteiger partial charge in [0.2, 0.25) is 0 Å². The van der Waals surface area contributed by atoms with E-state index in [0.29, 0.717) is 19.1 Å². The molecule has 112 valence electrons. The summed E-state index contributed by atoms with van der Waals surface area (Å²) in [5.74, 6) is 0.420. The molecule has 1 aromatic carbocycles. The van der Waals surface area contributed by atoms with E-state index in [1.54, 1.807) is 7.11 Å². The largest absolute Gasteiger partial charge is 0.380 e. The van der Waals surface area contributed by atoms with Gasteiger partial charge in [0.15, 0.2) is 5.96 Å². The van der Waals surface area contributed by atoms with Gasteiger partial charge >= 0.3 is 0 Å². The number of nitrogens with two attached hydrogens (primary N) is 1. The van der Waals surface area contributed by atoms with Gasteiger partial charge in [0, 0.05) is 23.9 Å². The molecular weight excluding hydrogens is 252 g/mol. The van der Waals surface area contributed by atoms with E-state index in [4.69, 9.17) is 10.5 Å². The number of para-hydroxylation sites is 1. The first-order valence-electron chi connectivity index (χ1n) is 6.68. The van der Waals surface area contributed by atoms with Crippen molar-refractivity contribution in [3.05, 3.63) is 29.8 Å². The minimum Gasteiger partial charge on any atom is -0.380 e. The molecule has 3 N–H and O–H groups in total. The van der Waals surface area contributed by atoms with E-state index in [2.05, 4.69) is 29.1 Å². The summed E-state index contributed by atoms with van der Waals surface area (Å²) in [4.78, 5) is 6.54. The number of nitrogens with zero attached hydrogens (tertiary/aromatic N) is 2. The summed E-state index contributed by atoms with van der Waals surface area (Å²) in [6, 6.07) is 7.90. The summed E-state index contributed by atoms with van der Waals surface area (Å²) < 4.78 is 5.17. The number of nitrogens with one attached hydrogen (secondary N) is 1. The van der Waals surface area contributed by atoms with Crippen LogP contribution < -0.4 is 11.1 Å². The highest BCUT2D eigenvalue weighted by molar-refractivity contribution is 5.93. The predicted molar refractivity (Wildman–Crippen MR) is 85.0 cm³/mol. The number of hydrogen-bond acceptors (Lipinski definition) is 3. The van der Waals surface area contributed by atoms with Crippen LogP contribution in [0.4, 0.5) is 5.69 Å². The van der Waals surface area contributed by atoms with Crippen LogP contribution in [0, 0.1) is 0 Å². The monoisotopic (exact) mass is 278 g/mol. The van der Waals surface area contributed by atoms with Gasteiger partial charge in [-0.25, -0.2) is 0 Å². The molecule has 0 unspecified atom stereocenters. The highest BCUT2D eigenvalue weighted by Crippen LogP contribution is 2.16. The molecule has 0 saturated heterocycles. The normalized spacial score (nSPS) is 12.8. The molecule has 0 atom stereocenters. The molecule has 0 saturated carbocycles. The van der Waals surface area contributed by atoms with Crippen molar-refractivity contribution in [1.82, 2.24) is 4.90 Å². The molecule has 1 aromatic rings. The van der Waals surface area contributed by atoms with Gasteiger partial charge in [0.1, 0.15) is 0 Å². The van der Waals surface area contributed by atoms with Crippen LogP contribution in [0.25, 0.3) is 0 Å². The Hall–Kier alpha value is -1.59. The lowest BCUT2D eigenvalue weighted by Gasteiger charge is -2.30. The molecule has 0 aliphatic heterocycles. The maximum Gasteiger partial charge on any atom is 0.193 e. The number of guanidine groups is 1. The Morgan fingerprint density at radius 3 is 2.60 bits per heavy atom. The molecule has 5 nitrogen and oxygen atoms in total. The lowest BCUT2D eigenvalue weighted by atomic mass is 10.1. The number of likely N-dealkylation sites (N-methyl/N-ethyl adjacent to an activating group) is 1. The number of anilines is 1. The molecular formula is C15H26N4O. The van der Waals surface area contributed by atoms with Gasteiger partial charge in [-0.05, 0) is 34.0 Å². The molecule has 0 aliphatic rings. The minimum absolute atomic E-state index is 0.0294. The van der Waals surface area contributed by atoms with E-state index >= 15 is 0 Å². The average molecular weight is 278 g/mol. The second kappa shape index (κ2) is 7.26. The van der Waals surface area contributed by atoms with Crippen LogP contribution >= 0.6 is 0 Å². The zero-order chi connectivity index (χ0) is 15.2. The number of aliphatic imine (C=N–C) groups is 1. The smallest absolute Gasteiger partial charge is 0.193 e. The highest BCUT2D eigenvalue weighted by atomic mass is 16.5. The van der Waals surface area contributed by atoms with Gasteiger partial charge in [0.05, 0.1) is 13.2 Å². The Kier molecular flexibility index (Phi) is 5.98. The maximum absolute atomic E-state index is 5.96. The molecule has 0 amide bonds. The fourth-order valence-corrected chi connectivity index (χ4v) is 1.52. The number of benzene rings is 1. The molecule has 0 aromatic heterocycles. The second-order valence-corrected chi connectivity index (χ2v) is 5.62. The van der Waals surface area contributed by atoms with Crippen molar-refractivity contribution in [2.24, 2.45) is 10.7 Å². The summed E-state index contributed by atoms with van der Waals surface area (Å²) in [6.07, 6.45) is 0. The van der Waals surface area contributed by atoms with Crippen LogP contribution in [0.1, 0.15) is 19.4 Å². The topological polar surface area (TPSA) is 62.9 Å². The van der Waals surface area contributed by atoms with E-state index in [9.17, 15) is 0 Å². The molecule has 0 fully saturated rings. The lowest BCUT2D eigenvalue weighted by molar-refractivity contribution is 0.185. The van der Waals surface area contributed by atoms with Crippen molar-refractivity contribution in [3.63, 3.8) is 0 Å². The van der Waals surface area contributed by atoms with Crippen LogP contribution in [-0.2, 0) is 11.3 Å². The Balaban J connectivity index is 2.73. The summed E-state index contributed by atoms with van der Waals surface area (Å²) in [6.45, 7) is 5.43. The first kappa shape index (κ1) is 16.5. The van der Waals surface area contributed by atoms with Gasteiger partial charge in [-0.15, -0.1) is 0 Å². The molecule has 0 heterocycles. The van der Waals surface area contributed by atoms with Gasteiger partial charge in [-0.2, -0.15) is 0 Å². The molecule has 0 aliphatic carbocycles. The van der Waals surface area contributed by atoms with E-state index in [-0.39, 0.29) is 5.54 Å². The zero-order valence-electron chi connectivity index (χ0n) is 13.1. The second-order valence-electron chi connectivity index (χ2n) is 5.62. The highest BCUT2D eigenvalue weighted by Gasteiger charge is 2.19. The Bertz CT molecular complexity index is 455. The van der Waals surface area contributed by atoms with Gasteiger partial charge in [0.25, 0.3) is 0 Å². The van der Waals surface area contributed by atoms with Crippen LogP contribution in [0.3, 0.4) is 0 Å². The molecule has 5 heteroatoms. The lowest BCUT2D eigenvalue weighted by Crippen LogP contribution is -2.41. The number of hydrogen-bond donors (Lipinski definition) is 2. The van der Waals surface area contributed by atoms with E-state index < -0.39 is 0 Å². The molecule has 20 heavy (non-hydrogen) atoms. The average Bonchev–Trinajstić information content (AvgIpc) is 2.39. The van der Waals surface area contributed by atoms with Crippen molar-refractivity contribution in [2.45, 2.75) is 26.0 Å². The first-order valence-corrected chi connectivity index (χ1v) is 6.68. The van der Waals surface area contributed by atoms with Crippen LogP contribution in [0.5, 0.6) is 0 Å². The Morgan fingerprint density at radius 2 is 2.00 bits per heavy atom. The Labute approximate surface area is 121 Å². The van der Waals surface area contributed by atoms with Crippen molar-refractivity contribution in [3.8, 4) is 0 Å².